The number of likely N-dealkylation sites (tertiary alicyclic amines) is 1. The highest BCUT2D eigenvalue weighted by molar-refractivity contribution is 5.80. The molecular formula is C19H27N3O3. The summed E-state index contributed by atoms with van der Waals surface area (Å²) >= 11 is 0. The first-order valence-corrected chi connectivity index (χ1v) is 9.31. The van der Waals surface area contributed by atoms with Crippen LogP contribution in [0.4, 0.5) is 0 Å². The Morgan fingerprint density at radius 3 is 2.72 bits per heavy atom. The van der Waals surface area contributed by atoms with E-state index in [9.17, 15) is 0 Å². The zero-order chi connectivity index (χ0) is 17.1. The molecule has 1 N–H and O–H groups in total. The lowest BCUT2D eigenvalue weighted by atomic mass is 9.82. The third-order valence-corrected chi connectivity index (χ3v) is 5.49. The molecule has 6 nitrogen and oxygen atoms in total. The van der Waals surface area contributed by atoms with Crippen molar-refractivity contribution in [3.8, 4) is 17.2 Å². The van der Waals surface area contributed by atoms with Crippen molar-refractivity contribution in [3.63, 3.8) is 0 Å². The van der Waals surface area contributed by atoms with Crippen molar-refractivity contribution in [3.05, 3.63) is 18.2 Å². The molecule has 2 unspecified atom stereocenters. The summed E-state index contributed by atoms with van der Waals surface area (Å²) in [4.78, 5) is 6.88. The Balaban J connectivity index is 1.23. The molecular weight excluding hydrogens is 318 g/mol. The maximum atomic E-state index is 5.81. The minimum absolute atomic E-state index is 0.286. The summed E-state index contributed by atoms with van der Waals surface area (Å²) in [5.74, 6) is 5.05. The predicted molar refractivity (Wildman–Crippen MR) is 96.4 cm³/mol. The molecule has 0 spiro atoms. The maximum Gasteiger partial charge on any atom is 0.231 e. The van der Waals surface area contributed by atoms with Gasteiger partial charge in [0.15, 0.2) is 17.5 Å². The molecule has 4 rings (SSSR count). The molecule has 25 heavy (non-hydrogen) atoms. The molecule has 0 bridgehead atoms. The molecule has 0 aromatic heterocycles. The van der Waals surface area contributed by atoms with Crippen molar-refractivity contribution in [2.75, 3.05) is 40.1 Å². The second kappa shape index (κ2) is 7.42. The van der Waals surface area contributed by atoms with Crippen LogP contribution in [0.2, 0.25) is 0 Å². The normalized spacial score (nSPS) is 25.0. The van der Waals surface area contributed by atoms with Crippen molar-refractivity contribution < 1.29 is 14.2 Å². The number of hydrogen-bond donors (Lipinski definition) is 1. The molecule has 0 radical (unpaired) electrons. The van der Waals surface area contributed by atoms with Gasteiger partial charge in [-0.2, -0.15) is 0 Å². The van der Waals surface area contributed by atoms with Crippen LogP contribution in [0.5, 0.6) is 17.2 Å². The van der Waals surface area contributed by atoms with Crippen LogP contribution < -0.4 is 19.5 Å². The Bertz CT molecular complexity index is 620. The molecule has 1 aromatic carbocycles. The second-order valence-electron chi connectivity index (χ2n) is 7.05. The monoisotopic (exact) mass is 345 g/mol. The molecule has 2 aliphatic heterocycles. The van der Waals surface area contributed by atoms with Gasteiger partial charge in [0.05, 0.1) is 6.54 Å². The zero-order valence-electron chi connectivity index (χ0n) is 14.9. The standard InChI is InChI=1S/C19H27N3O3/c1-20-19(22-11-14-4-2-3-5-15(14)12-22)21-8-9-23-16-6-7-17-18(10-16)25-13-24-17/h6-7,10,14-15H,2-5,8-9,11-13H2,1H3,(H,20,21). The van der Waals surface area contributed by atoms with Gasteiger partial charge in [0, 0.05) is 26.2 Å². The van der Waals surface area contributed by atoms with E-state index in [1.165, 1.54) is 25.7 Å². The molecule has 1 aromatic rings. The first-order chi connectivity index (χ1) is 12.3. The van der Waals surface area contributed by atoms with Gasteiger partial charge in [-0.25, -0.2) is 0 Å². The lowest BCUT2D eigenvalue weighted by Gasteiger charge is -2.22. The van der Waals surface area contributed by atoms with Gasteiger partial charge in [-0.3, -0.25) is 4.99 Å². The Morgan fingerprint density at radius 1 is 1.20 bits per heavy atom. The molecule has 136 valence electrons. The predicted octanol–water partition coefficient (Wildman–Crippen LogP) is 2.49. The maximum absolute atomic E-state index is 5.81. The van der Waals surface area contributed by atoms with Gasteiger partial charge in [0.2, 0.25) is 6.79 Å². The molecule has 2 atom stereocenters. The van der Waals surface area contributed by atoms with Crippen molar-refractivity contribution in [1.29, 1.82) is 0 Å². The number of ether oxygens (including phenoxy) is 3. The average molecular weight is 345 g/mol. The van der Waals surface area contributed by atoms with E-state index in [1.807, 2.05) is 25.2 Å². The smallest absolute Gasteiger partial charge is 0.231 e. The van der Waals surface area contributed by atoms with Crippen molar-refractivity contribution >= 4 is 5.96 Å². The van der Waals surface area contributed by atoms with Gasteiger partial charge < -0.3 is 24.4 Å². The van der Waals surface area contributed by atoms with E-state index < -0.39 is 0 Å². The van der Waals surface area contributed by atoms with E-state index >= 15 is 0 Å². The number of fused-ring (bicyclic) bond motifs is 2. The van der Waals surface area contributed by atoms with Crippen molar-refractivity contribution in [2.45, 2.75) is 25.7 Å². The number of rotatable bonds is 4. The Hall–Kier alpha value is -2.11. The molecule has 6 heteroatoms. The highest BCUT2D eigenvalue weighted by Gasteiger charge is 2.35. The first-order valence-electron chi connectivity index (χ1n) is 9.31. The Kier molecular flexibility index (Phi) is 4.85. The van der Waals surface area contributed by atoms with Crippen LogP contribution >= 0.6 is 0 Å². The van der Waals surface area contributed by atoms with Gasteiger partial charge >= 0.3 is 0 Å². The summed E-state index contributed by atoms with van der Waals surface area (Å²) < 4.78 is 16.5. The van der Waals surface area contributed by atoms with Crippen LogP contribution in [-0.2, 0) is 0 Å². The highest BCUT2D eigenvalue weighted by Crippen LogP contribution is 2.36. The van der Waals surface area contributed by atoms with E-state index in [-0.39, 0.29) is 6.79 Å². The third-order valence-electron chi connectivity index (χ3n) is 5.49. The molecule has 2 fully saturated rings. The molecule has 1 saturated carbocycles. The van der Waals surface area contributed by atoms with E-state index in [0.29, 0.717) is 6.61 Å². The van der Waals surface area contributed by atoms with E-state index in [0.717, 1.165) is 54.7 Å². The molecule has 1 saturated heterocycles. The van der Waals surface area contributed by atoms with Crippen LogP contribution in [0.1, 0.15) is 25.7 Å². The van der Waals surface area contributed by atoms with Gasteiger partial charge in [-0.15, -0.1) is 0 Å². The first kappa shape index (κ1) is 16.4. The molecule has 0 amide bonds. The van der Waals surface area contributed by atoms with E-state index in [1.54, 1.807) is 0 Å². The molecule has 3 aliphatic rings. The summed E-state index contributed by atoms with van der Waals surface area (Å²) in [6.07, 6.45) is 5.55. The topological polar surface area (TPSA) is 55.3 Å². The number of guanidine groups is 1. The summed E-state index contributed by atoms with van der Waals surface area (Å²) in [5, 5.41) is 3.44. The van der Waals surface area contributed by atoms with Crippen LogP contribution in [0.15, 0.2) is 23.2 Å². The van der Waals surface area contributed by atoms with E-state index in [4.69, 9.17) is 14.2 Å². The number of hydrogen-bond acceptors (Lipinski definition) is 4. The summed E-state index contributed by atoms with van der Waals surface area (Å²) in [7, 11) is 1.86. The number of nitrogens with one attached hydrogen (secondary N) is 1. The SMILES string of the molecule is CN=C(NCCOc1ccc2c(c1)OCO2)N1CC2CCCCC2C1. The van der Waals surface area contributed by atoms with Crippen molar-refractivity contribution in [2.24, 2.45) is 16.8 Å². The zero-order valence-corrected chi connectivity index (χ0v) is 14.9. The van der Waals surface area contributed by atoms with Gasteiger partial charge in [0.25, 0.3) is 0 Å². The van der Waals surface area contributed by atoms with Crippen LogP contribution in [0, 0.1) is 11.8 Å². The van der Waals surface area contributed by atoms with Crippen LogP contribution in [-0.4, -0.2) is 50.9 Å². The lowest BCUT2D eigenvalue weighted by Crippen LogP contribution is -2.41. The van der Waals surface area contributed by atoms with E-state index in [2.05, 4.69) is 15.2 Å². The number of aliphatic imine (C=N–C) groups is 1. The number of nitrogens with zero attached hydrogens (tertiary/aromatic N) is 2. The van der Waals surface area contributed by atoms with Gasteiger partial charge in [0.1, 0.15) is 12.4 Å². The Labute approximate surface area is 149 Å². The Morgan fingerprint density at radius 2 is 1.96 bits per heavy atom. The van der Waals surface area contributed by atoms with Gasteiger partial charge in [-0.1, -0.05) is 12.8 Å². The largest absolute Gasteiger partial charge is 0.492 e. The summed E-state index contributed by atoms with van der Waals surface area (Å²) in [6, 6.07) is 5.67. The average Bonchev–Trinajstić information content (AvgIpc) is 3.27. The summed E-state index contributed by atoms with van der Waals surface area (Å²) in [6.45, 7) is 3.89. The minimum atomic E-state index is 0.286. The van der Waals surface area contributed by atoms with Crippen molar-refractivity contribution in [1.82, 2.24) is 10.2 Å². The minimum Gasteiger partial charge on any atom is -0.492 e. The quantitative estimate of drug-likeness (QED) is 0.516. The summed E-state index contributed by atoms with van der Waals surface area (Å²) in [5.41, 5.74) is 0. The van der Waals surface area contributed by atoms with Crippen LogP contribution in [0.25, 0.3) is 0 Å². The fourth-order valence-electron chi connectivity index (χ4n) is 4.21. The highest BCUT2D eigenvalue weighted by atomic mass is 16.7. The lowest BCUT2D eigenvalue weighted by molar-refractivity contribution is 0.173. The molecule has 2 heterocycles. The third kappa shape index (κ3) is 3.62. The molecule has 1 aliphatic carbocycles. The second-order valence-corrected chi connectivity index (χ2v) is 7.05. The van der Waals surface area contributed by atoms with Crippen LogP contribution in [0.3, 0.4) is 0 Å². The fourth-order valence-corrected chi connectivity index (χ4v) is 4.21. The number of benzene rings is 1. The van der Waals surface area contributed by atoms with Gasteiger partial charge in [-0.05, 0) is 36.8 Å². The fraction of sp³-hybridized carbons (Fsp3) is 0.632.